The summed E-state index contributed by atoms with van der Waals surface area (Å²) in [6.07, 6.45) is 7.84. The van der Waals surface area contributed by atoms with Gasteiger partial charge in [0.1, 0.15) is 12.4 Å². The van der Waals surface area contributed by atoms with Gasteiger partial charge in [-0.05, 0) is 24.5 Å². The average molecular weight is 341 g/mol. The Morgan fingerprint density at radius 3 is 2.96 bits per heavy atom. The van der Waals surface area contributed by atoms with Gasteiger partial charge >= 0.3 is 0 Å². The predicted molar refractivity (Wildman–Crippen MR) is 87.0 cm³/mol. The van der Waals surface area contributed by atoms with Gasteiger partial charge in [0.25, 0.3) is 5.91 Å². The van der Waals surface area contributed by atoms with Gasteiger partial charge < -0.3 is 19.9 Å². The summed E-state index contributed by atoms with van der Waals surface area (Å²) in [5, 5.41) is 2.83. The molecule has 0 spiro atoms. The quantitative estimate of drug-likeness (QED) is 0.827. The van der Waals surface area contributed by atoms with Crippen LogP contribution in [0.25, 0.3) is 0 Å². The molecule has 0 radical (unpaired) electrons. The van der Waals surface area contributed by atoms with Crippen LogP contribution >= 0.6 is 0 Å². The SMILES string of the molecule is O=C(NCc1ncc[nH]1)[C@H]1OCC(=O)N(C2CC2)[C@@H]1c1cccnc1. The van der Waals surface area contributed by atoms with Crippen LogP contribution in [0.1, 0.15) is 30.3 Å². The molecule has 2 N–H and O–H groups in total. The lowest BCUT2D eigenvalue weighted by atomic mass is 9.98. The monoisotopic (exact) mass is 341 g/mol. The molecular weight excluding hydrogens is 322 g/mol. The van der Waals surface area contributed by atoms with Gasteiger partial charge in [-0.25, -0.2) is 4.98 Å². The molecule has 3 heterocycles. The number of hydrogen-bond donors (Lipinski definition) is 2. The Morgan fingerprint density at radius 1 is 1.40 bits per heavy atom. The molecule has 2 aromatic rings. The maximum atomic E-state index is 12.7. The number of rotatable bonds is 5. The highest BCUT2D eigenvalue weighted by Gasteiger charge is 2.47. The molecule has 2 atom stereocenters. The third-order valence-electron chi connectivity index (χ3n) is 4.47. The Hall–Kier alpha value is -2.74. The van der Waals surface area contributed by atoms with Crippen molar-refractivity contribution in [2.75, 3.05) is 6.61 Å². The molecule has 25 heavy (non-hydrogen) atoms. The molecular formula is C17H19N5O3. The van der Waals surface area contributed by atoms with Crippen molar-refractivity contribution >= 4 is 11.8 Å². The summed E-state index contributed by atoms with van der Waals surface area (Å²) >= 11 is 0. The first-order valence-corrected chi connectivity index (χ1v) is 8.32. The van der Waals surface area contributed by atoms with Gasteiger partial charge in [-0.3, -0.25) is 14.6 Å². The zero-order chi connectivity index (χ0) is 17.2. The number of nitrogens with one attached hydrogen (secondary N) is 2. The van der Waals surface area contributed by atoms with Crippen molar-refractivity contribution < 1.29 is 14.3 Å². The number of aromatic nitrogens is 3. The highest BCUT2D eigenvalue weighted by atomic mass is 16.5. The Labute approximate surface area is 144 Å². The molecule has 2 fully saturated rings. The molecule has 2 aromatic heterocycles. The molecule has 8 nitrogen and oxygen atoms in total. The van der Waals surface area contributed by atoms with Crippen molar-refractivity contribution in [3.63, 3.8) is 0 Å². The number of hydrogen-bond acceptors (Lipinski definition) is 5. The van der Waals surface area contributed by atoms with Gasteiger partial charge in [-0.2, -0.15) is 0 Å². The fourth-order valence-electron chi connectivity index (χ4n) is 3.18. The third-order valence-corrected chi connectivity index (χ3v) is 4.47. The average Bonchev–Trinajstić information content (AvgIpc) is 3.34. The number of morpholine rings is 1. The predicted octanol–water partition coefficient (Wildman–Crippen LogP) is 0.552. The van der Waals surface area contributed by atoms with E-state index in [0.29, 0.717) is 5.82 Å². The van der Waals surface area contributed by atoms with Crippen LogP contribution in [0, 0.1) is 0 Å². The van der Waals surface area contributed by atoms with Gasteiger partial charge in [0.05, 0.1) is 12.6 Å². The minimum Gasteiger partial charge on any atom is -0.356 e. The number of carbonyl (C=O) groups excluding carboxylic acids is 2. The molecule has 1 saturated heterocycles. The van der Waals surface area contributed by atoms with E-state index < -0.39 is 12.1 Å². The van der Waals surface area contributed by atoms with E-state index in [9.17, 15) is 9.59 Å². The van der Waals surface area contributed by atoms with Gasteiger partial charge in [-0.1, -0.05) is 6.07 Å². The van der Waals surface area contributed by atoms with E-state index >= 15 is 0 Å². The van der Waals surface area contributed by atoms with E-state index in [-0.39, 0.29) is 31.0 Å². The van der Waals surface area contributed by atoms with E-state index in [1.165, 1.54) is 0 Å². The Balaban J connectivity index is 1.57. The standard InChI is InChI=1S/C17H19N5O3/c23-14-10-25-16(17(24)21-9-13-19-6-7-20-13)15(22(14)12-3-4-12)11-2-1-5-18-8-11/h1-2,5-8,12,15-16H,3-4,9-10H2,(H,19,20)(H,21,24)/t15-,16+/m1/s1. The topological polar surface area (TPSA) is 100 Å². The normalized spacial score (nSPS) is 23.5. The highest BCUT2D eigenvalue weighted by Crippen LogP contribution is 2.39. The zero-order valence-electron chi connectivity index (χ0n) is 13.6. The van der Waals surface area contributed by atoms with Crippen LogP contribution in [-0.2, 0) is 20.9 Å². The Bertz CT molecular complexity index is 745. The number of pyridine rings is 1. The molecule has 2 amide bonds. The first-order valence-electron chi connectivity index (χ1n) is 8.32. The van der Waals surface area contributed by atoms with Crippen LogP contribution in [0.2, 0.25) is 0 Å². The summed E-state index contributed by atoms with van der Waals surface area (Å²) in [6, 6.07) is 3.40. The molecule has 2 aliphatic rings. The number of ether oxygens (including phenoxy) is 1. The van der Waals surface area contributed by atoms with Crippen molar-refractivity contribution in [1.82, 2.24) is 25.2 Å². The van der Waals surface area contributed by atoms with Crippen LogP contribution < -0.4 is 5.32 Å². The molecule has 4 rings (SSSR count). The van der Waals surface area contributed by atoms with E-state index in [2.05, 4.69) is 20.3 Å². The van der Waals surface area contributed by atoms with Gasteiger partial charge in [-0.15, -0.1) is 0 Å². The van der Waals surface area contributed by atoms with E-state index in [1.54, 1.807) is 35.8 Å². The van der Waals surface area contributed by atoms with Crippen LogP contribution in [-0.4, -0.2) is 50.4 Å². The zero-order valence-corrected chi connectivity index (χ0v) is 13.6. The van der Waals surface area contributed by atoms with Gasteiger partial charge in [0.2, 0.25) is 5.91 Å². The van der Waals surface area contributed by atoms with E-state index in [4.69, 9.17) is 4.74 Å². The maximum absolute atomic E-state index is 12.7. The minimum atomic E-state index is -0.766. The number of amides is 2. The lowest BCUT2D eigenvalue weighted by Gasteiger charge is -2.40. The molecule has 1 aliphatic carbocycles. The van der Waals surface area contributed by atoms with Crippen molar-refractivity contribution in [3.05, 3.63) is 48.3 Å². The summed E-state index contributed by atoms with van der Waals surface area (Å²) in [5.41, 5.74) is 0.806. The second kappa shape index (κ2) is 6.64. The minimum absolute atomic E-state index is 0.0773. The number of carbonyl (C=O) groups is 2. The molecule has 0 unspecified atom stereocenters. The first-order chi connectivity index (χ1) is 12.2. The van der Waals surface area contributed by atoms with Gasteiger partial charge in [0.15, 0.2) is 6.10 Å². The molecule has 130 valence electrons. The Morgan fingerprint density at radius 2 is 2.28 bits per heavy atom. The number of nitrogens with zero attached hydrogens (tertiary/aromatic N) is 3. The number of H-pyrrole nitrogens is 1. The molecule has 0 aromatic carbocycles. The maximum Gasteiger partial charge on any atom is 0.252 e. The van der Waals surface area contributed by atoms with Crippen LogP contribution in [0.3, 0.4) is 0 Å². The smallest absolute Gasteiger partial charge is 0.252 e. The fourth-order valence-corrected chi connectivity index (χ4v) is 3.18. The number of aromatic amines is 1. The third kappa shape index (κ3) is 3.25. The largest absolute Gasteiger partial charge is 0.356 e. The molecule has 8 heteroatoms. The lowest BCUT2D eigenvalue weighted by molar-refractivity contribution is -0.165. The molecule has 1 aliphatic heterocycles. The van der Waals surface area contributed by atoms with Crippen molar-refractivity contribution in [2.24, 2.45) is 0 Å². The van der Waals surface area contributed by atoms with E-state index in [1.807, 2.05) is 6.07 Å². The van der Waals surface area contributed by atoms with Crippen LogP contribution in [0.15, 0.2) is 36.9 Å². The Kier molecular flexibility index (Phi) is 4.19. The van der Waals surface area contributed by atoms with Crippen molar-refractivity contribution in [2.45, 2.75) is 37.6 Å². The van der Waals surface area contributed by atoms with E-state index in [0.717, 1.165) is 18.4 Å². The highest BCUT2D eigenvalue weighted by molar-refractivity contribution is 5.86. The van der Waals surface area contributed by atoms with Crippen LogP contribution in [0.5, 0.6) is 0 Å². The number of imidazole rings is 1. The molecule has 1 saturated carbocycles. The van der Waals surface area contributed by atoms with Crippen molar-refractivity contribution in [1.29, 1.82) is 0 Å². The molecule has 0 bridgehead atoms. The second-order valence-corrected chi connectivity index (χ2v) is 6.25. The summed E-state index contributed by atoms with van der Waals surface area (Å²) in [7, 11) is 0. The first kappa shape index (κ1) is 15.8. The van der Waals surface area contributed by atoms with Gasteiger partial charge in [0, 0.05) is 30.8 Å². The fraction of sp³-hybridized carbons (Fsp3) is 0.412. The summed E-state index contributed by atoms with van der Waals surface area (Å²) < 4.78 is 5.64. The van der Waals surface area contributed by atoms with Crippen LogP contribution in [0.4, 0.5) is 0 Å². The van der Waals surface area contributed by atoms with Crippen molar-refractivity contribution in [3.8, 4) is 0 Å². The lowest BCUT2D eigenvalue weighted by Crippen LogP contribution is -2.55. The summed E-state index contributed by atoms with van der Waals surface area (Å²) in [5.74, 6) is 0.326. The second-order valence-electron chi connectivity index (χ2n) is 6.25. The summed E-state index contributed by atoms with van der Waals surface area (Å²) in [4.78, 5) is 38.1. The summed E-state index contributed by atoms with van der Waals surface area (Å²) in [6.45, 7) is 0.203.